The zero-order valence-corrected chi connectivity index (χ0v) is 10.2. The third kappa shape index (κ3) is 3.03. The molecule has 2 rings (SSSR count). The highest BCUT2D eigenvalue weighted by Crippen LogP contribution is 2.33. The number of alkyl halides is 5. The fourth-order valence-corrected chi connectivity index (χ4v) is 1.80. The zero-order valence-electron chi connectivity index (χ0n) is 10.2. The predicted octanol–water partition coefficient (Wildman–Crippen LogP) is 2.85. The van der Waals surface area contributed by atoms with Gasteiger partial charge in [-0.15, -0.1) is 0 Å². The molecule has 0 radical (unpaired) electrons. The number of carbonyl (C=O) groups is 1. The first kappa shape index (κ1) is 15.0. The van der Waals surface area contributed by atoms with E-state index >= 15 is 0 Å². The molecule has 10 heteroatoms. The third-order valence-corrected chi connectivity index (χ3v) is 2.70. The normalized spacial score (nSPS) is 12.1. The molecule has 0 aliphatic carbocycles. The predicted molar refractivity (Wildman–Crippen MR) is 59.0 cm³/mol. The summed E-state index contributed by atoms with van der Waals surface area (Å²) in [6, 6.07) is 0. The Hall–Kier alpha value is -2.39. The van der Waals surface area contributed by atoms with E-state index in [0.29, 0.717) is 10.8 Å². The highest BCUT2D eigenvalue weighted by molar-refractivity contribution is 5.89. The van der Waals surface area contributed by atoms with Crippen molar-refractivity contribution in [2.45, 2.75) is 19.3 Å². The van der Waals surface area contributed by atoms with Gasteiger partial charge in [-0.3, -0.25) is 4.57 Å². The first-order chi connectivity index (χ1) is 9.70. The van der Waals surface area contributed by atoms with Crippen molar-refractivity contribution in [3.8, 4) is 0 Å². The Kier molecular flexibility index (Phi) is 3.71. The molecule has 0 aromatic carbocycles. The fourth-order valence-electron chi connectivity index (χ4n) is 1.80. The lowest BCUT2D eigenvalue weighted by Crippen LogP contribution is -2.10. The van der Waals surface area contributed by atoms with Crippen LogP contribution in [0.1, 0.15) is 28.3 Å². The van der Waals surface area contributed by atoms with Crippen LogP contribution in [-0.2, 0) is 12.7 Å². The zero-order chi connectivity index (χ0) is 15.8. The molecule has 1 N–H and O–H groups in total. The van der Waals surface area contributed by atoms with Crippen molar-refractivity contribution in [1.29, 1.82) is 0 Å². The van der Waals surface area contributed by atoms with Crippen molar-refractivity contribution >= 4 is 5.97 Å². The molecule has 0 atom stereocenters. The van der Waals surface area contributed by atoms with Crippen LogP contribution < -0.4 is 0 Å². The van der Waals surface area contributed by atoms with E-state index in [-0.39, 0.29) is 5.82 Å². The number of carboxylic acid groups (broad SMARTS) is 1. The van der Waals surface area contributed by atoms with Crippen LogP contribution >= 0.6 is 0 Å². The van der Waals surface area contributed by atoms with Gasteiger partial charge in [-0.05, 0) is 0 Å². The van der Waals surface area contributed by atoms with Crippen LogP contribution in [-0.4, -0.2) is 25.2 Å². The highest BCUT2D eigenvalue weighted by Gasteiger charge is 2.37. The Morgan fingerprint density at radius 2 is 2.00 bits per heavy atom. The van der Waals surface area contributed by atoms with Gasteiger partial charge < -0.3 is 9.67 Å². The second kappa shape index (κ2) is 5.19. The summed E-state index contributed by atoms with van der Waals surface area (Å²) in [6.07, 6.45) is -1.51. The Morgan fingerprint density at radius 1 is 1.33 bits per heavy atom. The van der Waals surface area contributed by atoms with E-state index in [0.717, 1.165) is 23.2 Å². The molecule has 2 aromatic heterocycles. The van der Waals surface area contributed by atoms with E-state index < -0.39 is 36.4 Å². The molecule has 0 saturated heterocycles. The molecule has 0 fully saturated rings. The number of carboxylic acids is 1. The highest BCUT2D eigenvalue weighted by atomic mass is 19.4. The molecule has 21 heavy (non-hydrogen) atoms. The maximum Gasteiger partial charge on any atom is 0.418 e. The van der Waals surface area contributed by atoms with Crippen LogP contribution in [0.25, 0.3) is 0 Å². The van der Waals surface area contributed by atoms with Crippen molar-refractivity contribution in [2.75, 3.05) is 0 Å². The minimum absolute atomic E-state index is 0.189. The van der Waals surface area contributed by atoms with Crippen molar-refractivity contribution < 1.29 is 31.9 Å². The largest absolute Gasteiger partial charge is 0.478 e. The number of rotatable bonds is 4. The van der Waals surface area contributed by atoms with Gasteiger partial charge in [-0.25, -0.2) is 9.78 Å². The van der Waals surface area contributed by atoms with Gasteiger partial charge in [0.25, 0.3) is 0 Å². The molecule has 0 aliphatic rings. The Bertz CT molecular complexity index is 659. The third-order valence-electron chi connectivity index (χ3n) is 2.70. The smallest absolute Gasteiger partial charge is 0.418 e. The van der Waals surface area contributed by atoms with Gasteiger partial charge in [-0.1, -0.05) is 0 Å². The minimum atomic E-state index is -4.85. The van der Waals surface area contributed by atoms with Crippen molar-refractivity contribution in [3.63, 3.8) is 0 Å². The number of imidazole rings is 1. The average molecular weight is 309 g/mol. The van der Waals surface area contributed by atoms with E-state index in [2.05, 4.69) is 4.98 Å². The van der Waals surface area contributed by atoms with Crippen LogP contribution in [0.2, 0.25) is 0 Å². The Balaban J connectivity index is 2.38. The quantitative estimate of drug-likeness (QED) is 0.884. The Morgan fingerprint density at radius 3 is 2.48 bits per heavy atom. The molecule has 0 bridgehead atoms. The van der Waals surface area contributed by atoms with E-state index in [4.69, 9.17) is 5.11 Å². The number of aromatic nitrogens is 3. The van der Waals surface area contributed by atoms with Crippen molar-refractivity contribution in [2.24, 2.45) is 0 Å². The number of nitrogens with zero attached hydrogens (tertiary/aromatic N) is 3. The topological polar surface area (TPSA) is 60.0 Å². The second-order valence-electron chi connectivity index (χ2n) is 4.09. The van der Waals surface area contributed by atoms with Crippen LogP contribution in [0.5, 0.6) is 0 Å². The maximum atomic E-state index is 12.7. The van der Waals surface area contributed by atoms with Crippen molar-refractivity contribution in [1.82, 2.24) is 14.1 Å². The van der Waals surface area contributed by atoms with E-state index in [1.54, 1.807) is 0 Å². The SMILES string of the molecule is O=C(O)c1cn(Cc2nccn2C(F)F)cc1C(F)(F)F. The number of halogens is 5. The maximum absolute atomic E-state index is 12.7. The van der Waals surface area contributed by atoms with E-state index in [1.807, 2.05) is 0 Å². The molecule has 2 heterocycles. The van der Waals surface area contributed by atoms with Gasteiger partial charge >= 0.3 is 18.7 Å². The van der Waals surface area contributed by atoms with Crippen LogP contribution in [0.15, 0.2) is 24.8 Å². The molecule has 0 saturated carbocycles. The lowest BCUT2D eigenvalue weighted by molar-refractivity contribution is -0.138. The van der Waals surface area contributed by atoms with Crippen LogP contribution in [0.3, 0.4) is 0 Å². The minimum Gasteiger partial charge on any atom is -0.478 e. The van der Waals surface area contributed by atoms with Gasteiger partial charge in [0, 0.05) is 24.8 Å². The average Bonchev–Trinajstić information content (AvgIpc) is 2.94. The van der Waals surface area contributed by atoms with E-state index in [9.17, 15) is 26.7 Å². The molecule has 114 valence electrons. The summed E-state index contributed by atoms with van der Waals surface area (Å²) in [5.74, 6) is -1.94. The monoisotopic (exact) mass is 309 g/mol. The van der Waals surface area contributed by atoms with Gasteiger partial charge in [-0.2, -0.15) is 22.0 Å². The second-order valence-corrected chi connectivity index (χ2v) is 4.09. The molecular formula is C11H8F5N3O2. The lowest BCUT2D eigenvalue weighted by Gasteiger charge is -2.07. The lowest BCUT2D eigenvalue weighted by atomic mass is 10.2. The summed E-state index contributed by atoms with van der Waals surface area (Å²) in [7, 11) is 0. The van der Waals surface area contributed by atoms with Crippen LogP contribution in [0, 0.1) is 0 Å². The Labute approximate surface area is 114 Å². The van der Waals surface area contributed by atoms with E-state index in [1.165, 1.54) is 0 Å². The first-order valence-electron chi connectivity index (χ1n) is 5.50. The first-order valence-corrected chi connectivity index (χ1v) is 5.50. The molecule has 0 unspecified atom stereocenters. The van der Waals surface area contributed by atoms with Gasteiger partial charge in [0.1, 0.15) is 5.82 Å². The summed E-state index contributed by atoms with van der Waals surface area (Å²) in [5, 5.41) is 8.76. The molecule has 0 aliphatic heterocycles. The molecule has 5 nitrogen and oxygen atoms in total. The standard InChI is InChI=1S/C11H8F5N3O2/c12-10(13)19-2-1-17-8(19)5-18-3-6(9(20)21)7(4-18)11(14,15)16/h1-4,10H,5H2,(H,20,21). The van der Waals surface area contributed by atoms with Gasteiger partial charge in [0.2, 0.25) is 0 Å². The molecule has 0 amide bonds. The van der Waals surface area contributed by atoms with Gasteiger partial charge in [0.15, 0.2) is 0 Å². The summed E-state index contributed by atoms with van der Waals surface area (Å²) in [4.78, 5) is 14.4. The fraction of sp³-hybridized carbons (Fsp3) is 0.273. The summed E-state index contributed by atoms with van der Waals surface area (Å²) in [5.41, 5.74) is -2.29. The number of aromatic carboxylic acids is 1. The van der Waals surface area contributed by atoms with Crippen molar-refractivity contribution in [3.05, 3.63) is 41.7 Å². The summed E-state index contributed by atoms with van der Waals surface area (Å²) >= 11 is 0. The summed E-state index contributed by atoms with van der Waals surface area (Å²) < 4.78 is 64.6. The van der Waals surface area contributed by atoms with Gasteiger partial charge in [0.05, 0.1) is 17.7 Å². The number of hydrogen-bond donors (Lipinski definition) is 1. The molecule has 0 spiro atoms. The molecular weight excluding hydrogens is 301 g/mol. The number of hydrogen-bond acceptors (Lipinski definition) is 2. The molecule has 2 aromatic rings. The summed E-state index contributed by atoms with van der Waals surface area (Å²) in [6.45, 7) is -3.30. The van der Waals surface area contributed by atoms with Crippen LogP contribution in [0.4, 0.5) is 22.0 Å².